The smallest absolute Gasteiger partial charge is 0.281 e. The first kappa shape index (κ1) is 17.0. The van der Waals surface area contributed by atoms with Gasteiger partial charge in [0.25, 0.3) is 5.69 Å². The fourth-order valence-electron chi connectivity index (χ4n) is 2.15. The van der Waals surface area contributed by atoms with E-state index >= 15 is 0 Å². The minimum Gasteiger partial charge on any atom is -0.493 e. The van der Waals surface area contributed by atoms with Crippen molar-refractivity contribution < 1.29 is 18.8 Å². The second-order valence-electron chi connectivity index (χ2n) is 4.67. The molecule has 0 fully saturated rings. The number of hydrogen-bond donors (Lipinski definition) is 0. The van der Waals surface area contributed by atoms with Crippen molar-refractivity contribution >= 4 is 17.3 Å². The minimum atomic E-state index is -0.635. The van der Waals surface area contributed by atoms with Crippen LogP contribution in [0.25, 0.3) is 11.6 Å². The second-order valence-corrected chi connectivity index (χ2v) is 4.67. The van der Waals surface area contributed by atoms with Crippen LogP contribution < -0.4 is 9.47 Å². The molecule has 0 spiro atoms. The van der Waals surface area contributed by atoms with E-state index in [2.05, 4.69) is 0 Å². The summed E-state index contributed by atoms with van der Waals surface area (Å²) in [6.07, 6.45) is 1.25. The van der Waals surface area contributed by atoms with Gasteiger partial charge in [-0.25, -0.2) is 4.39 Å². The maximum atomic E-state index is 13.8. The predicted molar refractivity (Wildman–Crippen MR) is 86.1 cm³/mol. The molecule has 0 N–H and O–H groups in total. The lowest BCUT2D eigenvalue weighted by atomic mass is 10.0. The van der Waals surface area contributed by atoms with Crippen LogP contribution in [0.4, 0.5) is 10.1 Å². The molecule has 0 aliphatic carbocycles. The molecule has 24 heavy (non-hydrogen) atoms. The lowest BCUT2D eigenvalue weighted by molar-refractivity contribution is -0.385. The molecule has 0 saturated heterocycles. The third kappa shape index (κ3) is 3.33. The van der Waals surface area contributed by atoms with Gasteiger partial charge in [0.15, 0.2) is 11.5 Å². The van der Waals surface area contributed by atoms with E-state index in [-0.39, 0.29) is 33.9 Å². The van der Waals surface area contributed by atoms with E-state index in [1.165, 1.54) is 50.6 Å². The van der Waals surface area contributed by atoms with Gasteiger partial charge in [0.1, 0.15) is 11.9 Å². The number of hydrogen-bond acceptors (Lipinski definition) is 5. The zero-order valence-electron chi connectivity index (χ0n) is 12.9. The second kappa shape index (κ2) is 7.24. The number of methoxy groups -OCH3 is 2. The molecule has 0 saturated carbocycles. The van der Waals surface area contributed by atoms with E-state index in [0.717, 1.165) is 0 Å². The average Bonchev–Trinajstić information content (AvgIpc) is 2.59. The largest absolute Gasteiger partial charge is 0.493 e. The number of ether oxygens (including phenoxy) is 2. The molecule has 6 nitrogen and oxygen atoms in total. The summed E-state index contributed by atoms with van der Waals surface area (Å²) in [4.78, 5) is 10.7. The quantitative estimate of drug-likeness (QED) is 0.360. The Bertz CT molecular complexity index is 856. The van der Waals surface area contributed by atoms with Gasteiger partial charge >= 0.3 is 0 Å². The van der Waals surface area contributed by atoms with E-state index < -0.39 is 10.7 Å². The monoisotopic (exact) mass is 328 g/mol. The molecule has 0 amide bonds. The molecule has 2 aromatic carbocycles. The summed E-state index contributed by atoms with van der Waals surface area (Å²) < 4.78 is 24.0. The van der Waals surface area contributed by atoms with Crippen LogP contribution in [-0.2, 0) is 0 Å². The molecular formula is C17H13FN2O4. The summed E-state index contributed by atoms with van der Waals surface area (Å²) in [6, 6.07) is 10.2. The molecule has 0 heterocycles. The van der Waals surface area contributed by atoms with Crippen LogP contribution in [0.2, 0.25) is 0 Å². The topological polar surface area (TPSA) is 85.4 Å². The number of rotatable bonds is 5. The number of halogens is 1. The minimum absolute atomic E-state index is 0.0170. The highest BCUT2D eigenvalue weighted by atomic mass is 19.1. The van der Waals surface area contributed by atoms with Gasteiger partial charge in [-0.15, -0.1) is 0 Å². The van der Waals surface area contributed by atoms with Crippen molar-refractivity contribution in [1.82, 2.24) is 0 Å². The summed E-state index contributed by atoms with van der Waals surface area (Å²) >= 11 is 0. The zero-order chi connectivity index (χ0) is 17.7. The molecule has 0 radical (unpaired) electrons. The van der Waals surface area contributed by atoms with Gasteiger partial charge in [0.05, 0.1) is 36.3 Å². The van der Waals surface area contributed by atoms with Crippen LogP contribution in [0.5, 0.6) is 11.5 Å². The van der Waals surface area contributed by atoms with Crippen LogP contribution in [0.1, 0.15) is 11.1 Å². The van der Waals surface area contributed by atoms with E-state index in [1.54, 1.807) is 6.07 Å². The Morgan fingerprint density at radius 3 is 2.42 bits per heavy atom. The first-order valence-corrected chi connectivity index (χ1v) is 6.79. The average molecular weight is 328 g/mol. The number of allylic oxidation sites excluding steroid dienone is 1. The number of nitrogens with zero attached hydrogens (tertiary/aromatic N) is 2. The van der Waals surface area contributed by atoms with Crippen molar-refractivity contribution in [1.29, 1.82) is 5.26 Å². The van der Waals surface area contributed by atoms with Gasteiger partial charge in [-0.05, 0) is 18.2 Å². The molecule has 2 aromatic rings. The fourth-order valence-corrected chi connectivity index (χ4v) is 2.15. The Morgan fingerprint density at radius 1 is 1.25 bits per heavy atom. The standard InChI is InChI=1S/C17H13FN2O4/c1-23-16-8-13(15(20(21)22)9-17(16)24-2)12(10-19)7-11-5-3-4-6-14(11)18/h3-9H,1-2H3. The van der Waals surface area contributed by atoms with Crippen molar-refractivity contribution in [3.05, 3.63) is 63.5 Å². The molecule has 0 atom stereocenters. The summed E-state index contributed by atoms with van der Waals surface area (Å²) in [5, 5.41) is 20.7. The van der Waals surface area contributed by atoms with Crippen LogP contribution in [0.15, 0.2) is 36.4 Å². The molecule has 0 aromatic heterocycles. The van der Waals surface area contributed by atoms with Gasteiger partial charge in [-0.3, -0.25) is 10.1 Å². The van der Waals surface area contributed by atoms with Gasteiger partial charge in [0.2, 0.25) is 0 Å². The first-order valence-electron chi connectivity index (χ1n) is 6.79. The Hall–Kier alpha value is -3.40. The van der Waals surface area contributed by atoms with Crippen LogP contribution in [-0.4, -0.2) is 19.1 Å². The number of benzene rings is 2. The molecule has 2 rings (SSSR count). The van der Waals surface area contributed by atoms with E-state index in [1.807, 2.05) is 6.07 Å². The predicted octanol–water partition coefficient (Wildman–Crippen LogP) is 3.82. The van der Waals surface area contributed by atoms with Crippen molar-refractivity contribution in [3.8, 4) is 17.6 Å². The molecule has 122 valence electrons. The highest BCUT2D eigenvalue weighted by Gasteiger charge is 2.22. The highest BCUT2D eigenvalue weighted by molar-refractivity contribution is 5.93. The third-order valence-electron chi connectivity index (χ3n) is 3.31. The Labute approximate surface area is 137 Å². The van der Waals surface area contributed by atoms with Crippen molar-refractivity contribution in [2.75, 3.05) is 14.2 Å². The molecule has 7 heteroatoms. The molecule has 0 bridgehead atoms. The normalized spacial score (nSPS) is 10.8. The lowest BCUT2D eigenvalue weighted by Crippen LogP contribution is -1.99. The van der Waals surface area contributed by atoms with E-state index in [9.17, 15) is 19.8 Å². The van der Waals surface area contributed by atoms with E-state index in [4.69, 9.17) is 9.47 Å². The van der Waals surface area contributed by atoms with Crippen LogP contribution in [0.3, 0.4) is 0 Å². The van der Waals surface area contributed by atoms with Crippen LogP contribution in [0, 0.1) is 27.3 Å². The number of nitro benzene ring substituents is 1. The Balaban J connectivity index is 2.70. The summed E-state index contributed by atoms with van der Waals surface area (Å²) in [5.74, 6) is -0.141. The summed E-state index contributed by atoms with van der Waals surface area (Å²) in [5.41, 5.74) is -0.230. The van der Waals surface area contributed by atoms with Gasteiger partial charge < -0.3 is 9.47 Å². The van der Waals surface area contributed by atoms with Gasteiger partial charge in [-0.1, -0.05) is 18.2 Å². The SMILES string of the molecule is COc1cc(C(C#N)=Cc2ccccc2F)c([N+](=O)[O-])cc1OC. The number of nitro groups is 1. The fraction of sp³-hybridized carbons (Fsp3) is 0.118. The van der Waals surface area contributed by atoms with Crippen molar-refractivity contribution in [2.24, 2.45) is 0 Å². The van der Waals surface area contributed by atoms with E-state index in [0.29, 0.717) is 0 Å². The molecule has 0 aliphatic heterocycles. The van der Waals surface area contributed by atoms with Gasteiger partial charge in [-0.2, -0.15) is 5.26 Å². The maximum absolute atomic E-state index is 13.8. The summed E-state index contributed by atoms with van der Waals surface area (Å²) in [7, 11) is 2.72. The van der Waals surface area contributed by atoms with Crippen molar-refractivity contribution in [3.63, 3.8) is 0 Å². The summed E-state index contributed by atoms with van der Waals surface area (Å²) in [6.45, 7) is 0. The highest BCUT2D eigenvalue weighted by Crippen LogP contribution is 2.38. The molecular weight excluding hydrogens is 315 g/mol. The third-order valence-corrected chi connectivity index (χ3v) is 3.31. The van der Waals surface area contributed by atoms with Gasteiger partial charge in [0, 0.05) is 5.56 Å². The Kier molecular flexibility index (Phi) is 5.12. The van der Waals surface area contributed by atoms with Crippen molar-refractivity contribution in [2.45, 2.75) is 0 Å². The zero-order valence-corrected chi connectivity index (χ0v) is 12.9. The first-order chi connectivity index (χ1) is 11.5. The Morgan fingerprint density at radius 2 is 1.88 bits per heavy atom. The van der Waals surface area contributed by atoms with Crippen LogP contribution >= 0.6 is 0 Å². The number of nitriles is 1. The lowest BCUT2D eigenvalue weighted by Gasteiger charge is -2.10. The molecule has 0 unspecified atom stereocenters. The molecule has 0 aliphatic rings. The maximum Gasteiger partial charge on any atom is 0.281 e.